The van der Waals surface area contributed by atoms with E-state index in [1.807, 2.05) is 42.9 Å². The maximum absolute atomic E-state index is 13.4. The van der Waals surface area contributed by atoms with Gasteiger partial charge in [-0.05, 0) is 63.9 Å². The molecule has 1 amide bonds. The zero-order valence-electron chi connectivity index (χ0n) is 19.6. The number of fused-ring (bicyclic) bond motifs is 1. The van der Waals surface area contributed by atoms with Crippen LogP contribution in [0.4, 0.5) is 0 Å². The van der Waals surface area contributed by atoms with E-state index in [0.717, 1.165) is 51.9 Å². The predicted molar refractivity (Wildman–Crippen MR) is 133 cm³/mol. The van der Waals surface area contributed by atoms with Crippen molar-refractivity contribution in [2.75, 3.05) is 0 Å². The summed E-state index contributed by atoms with van der Waals surface area (Å²) in [5, 5.41) is 8.82. The third-order valence-corrected chi connectivity index (χ3v) is 6.71. The number of pyridine rings is 1. The van der Waals surface area contributed by atoms with Crippen molar-refractivity contribution in [2.24, 2.45) is 0 Å². The van der Waals surface area contributed by atoms with Gasteiger partial charge in [0.25, 0.3) is 5.91 Å². The normalized spacial score (nSPS) is 14.5. The lowest BCUT2D eigenvalue weighted by atomic mass is 9.95. The molecule has 5 rings (SSSR count). The van der Waals surface area contributed by atoms with E-state index >= 15 is 0 Å². The number of hydrogen-bond acceptors (Lipinski definition) is 3. The van der Waals surface area contributed by atoms with Gasteiger partial charge in [0.05, 0.1) is 34.4 Å². The Kier molecular flexibility index (Phi) is 5.71. The molecular weight excluding hydrogens is 408 g/mol. The molecule has 0 spiro atoms. The number of amides is 1. The number of nitrogens with one attached hydrogen (secondary N) is 1. The topological polar surface area (TPSA) is 59.8 Å². The fourth-order valence-electron chi connectivity index (χ4n) is 4.78. The second kappa shape index (κ2) is 8.81. The highest BCUT2D eigenvalue weighted by Crippen LogP contribution is 2.29. The summed E-state index contributed by atoms with van der Waals surface area (Å²) in [5.41, 5.74) is 7.56. The van der Waals surface area contributed by atoms with E-state index < -0.39 is 0 Å². The van der Waals surface area contributed by atoms with Gasteiger partial charge in [-0.2, -0.15) is 5.10 Å². The third kappa shape index (κ3) is 4.28. The van der Waals surface area contributed by atoms with Crippen molar-refractivity contribution >= 4 is 16.8 Å². The summed E-state index contributed by atoms with van der Waals surface area (Å²) in [7, 11) is 0. The van der Waals surface area contributed by atoms with Crippen molar-refractivity contribution in [3.63, 3.8) is 0 Å². The van der Waals surface area contributed by atoms with E-state index in [-0.39, 0.29) is 11.9 Å². The number of aryl methyl sites for hydroxylation is 2. The SMILES string of the molecule is Cc1ccc(-n2ncc(-c3cc(C(=O)NC4CCCCC4)c4cc(C)ccc4n3)c2C)cc1. The van der Waals surface area contributed by atoms with E-state index in [9.17, 15) is 4.79 Å². The lowest BCUT2D eigenvalue weighted by Crippen LogP contribution is -2.36. The Morgan fingerprint density at radius 1 is 0.939 bits per heavy atom. The van der Waals surface area contributed by atoms with Gasteiger partial charge in [-0.3, -0.25) is 4.79 Å². The molecule has 5 nitrogen and oxygen atoms in total. The van der Waals surface area contributed by atoms with Gasteiger partial charge in [0.15, 0.2) is 0 Å². The second-order valence-corrected chi connectivity index (χ2v) is 9.28. The molecule has 0 radical (unpaired) electrons. The average Bonchev–Trinajstić information content (AvgIpc) is 3.20. The van der Waals surface area contributed by atoms with E-state index in [0.29, 0.717) is 5.56 Å². The fourth-order valence-corrected chi connectivity index (χ4v) is 4.78. The van der Waals surface area contributed by atoms with Crippen LogP contribution in [0.2, 0.25) is 0 Å². The lowest BCUT2D eigenvalue weighted by molar-refractivity contribution is 0.0929. The number of benzene rings is 2. The first-order chi connectivity index (χ1) is 16.0. The van der Waals surface area contributed by atoms with Gasteiger partial charge in [-0.15, -0.1) is 0 Å². The predicted octanol–water partition coefficient (Wildman–Crippen LogP) is 6.08. The van der Waals surface area contributed by atoms with Crippen molar-refractivity contribution in [3.05, 3.63) is 77.1 Å². The van der Waals surface area contributed by atoms with Crippen molar-refractivity contribution in [1.29, 1.82) is 0 Å². The van der Waals surface area contributed by atoms with Crippen molar-refractivity contribution in [1.82, 2.24) is 20.1 Å². The van der Waals surface area contributed by atoms with Gasteiger partial charge in [0.2, 0.25) is 0 Å². The maximum atomic E-state index is 13.4. The summed E-state index contributed by atoms with van der Waals surface area (Å²) in [5.74, 6) is -0.00951. The highest BCUT2D eigenvalue weighted by atomic mass is 16.1. The number of carbonyl (C=O) groups excluding carboxylic acids is 1. The molecule has 0 unspecified atom stereocenters. The summed E-state index contributed by atoms with van der Waals surface area (Å²) in [6, 6.07) is 16.6. The molecule has 0 bridgehead atoms. The number of nitrogens with zero attached hydrogens (tertiary/aromatic N) is 3. The molecule has 168 valence electrons. The van der Waals surface area contributed by atoms with E-state index in [1.54, 1.807) is 0 Å². The third-order valence-electron chi connectivity index (χ3n) is 6.71. The molecule has 1 N–H and O–H groups in total. The van der Waals surface area contributed by atoms with Gasteiger partial charge in [-0.1, -0.05) is 48.6 Å². The van der Waals surface area contributed by atoms with Crippen LogP contribution in [-0.2, 0) is 0 Å². The number of aromatic nitrogens is 3. The van der Waals surface area contributed by atoms with Gasteiger partial charge < -0.3 is 5.32 Å². The van der Waals surface area contributed by atoms with Gasteiger partial charge in [0.1, 0.15) is 0 Å². The summed E-state index contributed by atoms with van der Waals surface area (Å²) in [6.45, 7) is 6.17. The first-order valence-electron chi connectivity index (χ1n) is 11.8. The monoisotopic (exact) mass is 438 g/mol. The first-order valence-corrected chi connectivity index (χ1v) is 11.8. The summed E-state index contributed by atoms with van der Waals surface area (Å²) < 4.78 is 1.93. The standard InChI is InChI=1S/C28H30N4O/c1-18-9-12-22(13-10-18)32-20(3)25(17-29-32)27-16-24(23-15-19(2)11-14-26(23)31-27)28(33)30-21-7-5-4-6-8-21/h9-17,21H,4-8H2,1-3H3,(H,30,33). The van der Waals surface area contributed by atoms with Crippen LogP contribution >= 0.6 is 0 Å². The first kappa shape index (κ1) is 21.4. The molecule has 2 aromatic heterocycles. The van der Waals surface area contributed by atoms with E-state index in [1.165, 1.54) is 24.8 Å². The molecule has 1 saturated carbocycles. The minimum absolute atomic E-state index is 0.00951. The Hall–Kier alpha value is -3.47. The van der Waals surface area contributed by atoms with Crippen molar-refractivity contribution < 1.29 is 4.79 Å². The molecule has 1 aliphatic rings. The Bertz CT molecular complexity index is 1310. The van der Waals surface area contributed by atoms with E-state index in [2.05, 4.69) is 47.7 Å². The number of hydrogen-bond donors (Lipinski definition) is 1. The molecule has 2 heterocycles. The average molecular weight is 439 g/mol. The molecular formula is C28H30N4O. The minimum Gasteiger partial charge on any atom is -0.349 e. The Labute approximate surface area is 194 Å². The van der Waals surface area contributed by atoms with Crippen LogP contribution < -0.4 is 5.32 Å². The Morgan fingerprint density at radius 3 is 2.42 bits per heavy atom. The summed E-state index contributed by atoms with van der Waals surface area (Å²) in [4.78, 5) is 18.3. The maximum Gasteiger partial charge on any atom is 0.252 e. The van der Waals surface area contributed by atoms with Crippen molar-refractivity contribution in [2.45, 2.75) is 58.9 Å². The largest absolute Gasteiger partial charge is 0.349 e. The van der Waals surface area contributed by atoms with Gasteiger partial charge in [0, 0.05) is 17.0 Å². The molecule has 0 saturated heterocycles. The molecule has 5 heteroatoms. The number of carbonyl (C=O) groups is 1. The van der Waals surface area contributed by atoms with Crippen molar-refractivity contribution in [3.8, 4) is 16.9 Å². The van der Waals surface area contributed by atoms with Crippen LogP contribution in [0.3, 0.4) is 0 Å². The Balaban J connectivity index is 1.57. The number of rotatable bonds is 4. The smallest absolute Gasteiger partial charge is 0.252 e. The Morgan fingerprint density at radius 2 is 1.67 bits per heavy atom. The molecule has 1 fully saturated rings. The van der Waals surface area contributed by atoms with E-state index in [4.69, 9.17) is 4.98 Å². The van der Waals surface area contributed by atoms with Crippen LogP contribution in [0, 0.1) is 20.8 Å². The zero-order valence-corrected chi connectivity index (χ0v) is 19.6. The van der Waals surface area contributed by atoms with Crippen LogP contribution in [0.5, 0.6) is 0 Å². The van der Waals surface area contributed by atoms with Gasteiger partial charge >= 0.3 is 0 Å². The van der Waals surface area contributed by atoms with Gasteiger partial charge in [-0.25, -0.2) is 9.67 Å². The molecule has 2 aromatic carbocycles. The highest BCUT2D eigenvalue weighted by Gasteiger charge is 2.21. The molecule has 1 aliphatic carbocycles. The summed E-state index contributed by atoms with van der Waals surface area (Å²) >= 11 is 0. The molecule has 0 aliphatic heterocycles. The molecule has 0 atom stereocenters. The quantitative estimate of drug-likeness (QED) is 0.420. The summed E-state index contributed by atoms with van der Waals surface area (Å²) in [6.07, 6.45) is 7.60. The highest BCUT2D eigenvalue weighted by molar-refractivity contribution is 6.07. The van der Waals surface area contributed by atoms with Crippen LogP contribution in [0.15, 0.2) is 54.7 Å². The molecule has 4 aromatic rings. The second-order valence-electron chi connectivity index (χ2n) is 9.28. The molecule has 33 heavy (non-hydrogen) atoms. The van der Waals surface area contributed by atoms with Crippen LogP contribution in [0.25, 0.3) is 27.8 Å². The van der Waals surface area contributed by atoms with Crippen LogP contribution in [-0.4, -0.2) is 26.7 Å². The minimum atomic E-state index is -0.00951. The zero-order chi connectivity index (χ0) is 22.9. The fraction of sp³-hybridized carbons (Fsp3) is 0.321. The van der Waals surface area contributed by atoms with Crippen LogP contribution in [0.1, 0.15) is 59.3 Å². The lowest BCUT2D eigenvalue weighted by Gasteiger charge is -2.23.